The van der Waals surface area contributed by atoms with E-state index in [9.17, 15) is 9.59 Å². The van der Waals surface area contributed by atoms with Crippen molar-refractivity contribution in [1.82, 2.24) is 0 Å². The summed E-state index contributed by atoms with van der Waals surface area (Å²) in [5.74, 6) is -0.109. The minimum atomic E-state index is -1.01. The van der Waals surface area contributed by atoms with E-state index >= 15 is 0 Å². The summed E-state index contributed by atoms with van der Waals surface area (Å²) in [6, 6.07) is 12.8. The van der Waals surface area contributed by atoms with Gasteiger partial charge in [0.2, 0.25) is 0 Å². The smallest absolute Gasteiger partial charge is 0.335 e. The molecule has 1 N–H and O–H groups in total. The third-order valence-corrected chi connectivity index (χ3v) is 2.31. The fourth-order valence-electron chi connectivity index (χ4n) is 1.48. The van der Waals surface area contributed by atoms with Gasteiger partial charge in [-0.25, -0.2) is 4.79 Å². The molecule has 0 bridgehead atoms. The van der Waals surface area contributed by atoms with Crippen molar-refractivity contribution in [3.63, 3.8) is 0 Å². The van der Waals surface area contributed by atoms with Crippen LogP contribution in [0, 0.1) is 0 Å². The van der Waals surface area contributed by atoms with Gasteiger partial charge in [0.25, 0.3) is 0 Å². The second kappa shape index (κ2) is 5.14. The molecule has 90 valence electrons. The molecule has 4 nitrogen and oxygen atoms in total. The number of ether oxygens (including phenoxy) is 1. The lowest BCUT2D eigenvalue weighted by Gasteiger charge is -2.06. The number of carbonyl (C=O) groups excluding carboxylic acids is 1. The van der Waals surface area contributed by atoms with Gasteiger partial charge in [-0.2, -0.15) is 0 Å². The van der Waals surface area contributed by atoms with Crippen molar-refractivity contribution in [3.8, 4) is 11.5 Å². The molecule has 0 atom stereocenters. The Morgan fingerprint density at radius 3 is 2.39 bits per heavy atom. The largest absolute Gasteiger partial charge is 0.478 e. The van der Waals surface area contributed by atoms with E-state index in [4.69, 9.17) is 9.84 Å². The predicted octanol–water partition coefficient (Wildman–Crippen LogP) is 2.99. The van der Waals surface area contributed by atoms with Crippen LogP contribution in [-0.2, 0) is 0 Å². The monoisotopic (exact) mass is 242 g/mol. The van der Waals surface area contributed by atoms with Crippen LogP contribution in [0.3, 0.4) is 0 Å². The van der Waals surface area contributed by atoms with Gasteiger partial charge >= 0.3 is 5.97 Å². The van der Waals surface area contributed by atoms with E-state index in [-0.39, 0.29) is 5.56 Å². The minimum absolute atomic E-state index is 0.152. The molecule has 18 heavy (non-hydrogen) atoms. The van der Waals surface area contributed by atoms with Crippen molar-refractivity contribution in [2.24, 2.45) is 0 Å². The van der Waals surface area contributed by atoms with E-state index < -0.39 is 5.97 Å². The topological polar surface area (TPSA) is 63.6 Å². The third-order valence-electron chi connectivity index (χ3n) is 2.31. The van der Waals surface area contributed by atoms with Crippen molar-refractivity contribution >= 4 is 12.3 Å². The van der Waals surface area contributed by atoms with Gasteiger partial charge < -0.3 is 9.84 Å². The van der Waals surface area contributed by atoms with Crippen molar-refractivity contribution in [2.75, 3.05) is 0 Å². The molecule has 4 heteroatoms. The number of benzene rings is 2. The van der Waals surface area contributed by atoms with Gasteiger partial charge in [0, 0.05) is 5.56 Å². The van der Waals surface area contributed by atoms with E-state index in [0.29, 0.717) is 17.1 Å². The Labute approximate surface area is 103 Å². The number of aromatic carboxylic acids is 1. The lowest BCUT2D eigenvalue weighted by molar-refractivity contribution is 0.0696. The fourth-order valence-corrected chi connectivity index (χ4v) is 1.48. The molecule has 0 aliphatic carbocycles. The quantitative estimate of drug-likeness (QED) is 0.837. The number of carboxylic acids is 1. The Kier molecular flexibility index (Phi) is 3.38. The molecule has 0 aromatic heterocycles. The zero-order valence-corrected chi connectivity index (χ0v) is 9.37. The summed E-state index contributed by atoms with van der Waals surface area (Å²) in [6.45, 7) is 0. The van der Waals surface area contributed by atoms with Crippen LogP contribution in [-0.4, -0.2) is 17.4 Å². The first kappa shape index (κ1) is 11.9. The maximum Gasteiger partial charge on any atom is 0.335 e. The second-order valence-electron chi connectivity index (χ2n) is 3.63. The first-order valence-corrected chi connectivity index (χ1v) is 5.25. The molecule has 0 spiro atoms. The zero-order chi connectivity index (χ0) is 13.0. The highest BCUT2D eigenvalue weighted by Crippen LogP contribution is 2.22. The SMILES string of the molecule is O=Cc1cccc(Oc2cccc(C(=O)O)c2)c1. The van der Waals surface area contributed by atoms with Gasteiger partial charge in [0.1, 0.15) is 17.8 Å². The molecule has 0 radical (unpaired) electrons. The Balaban J connectivity index is 2.25. The van der Waals surface area contributed by atoms with Crippen molar-refractivity contribution < 1.29 is 19.4 Å². The summed E-state index contributed by atoms with van der Waals surface area (Å²) in [5, 5.41) is 8.86. The van der Waals surface area contributed by atoms with Crippen LogP contribution in [0.25, 0.3) is 0 Å². The first-order valence-electron chi connectivity index (χ1n) is 5.25. The number of carboxylic acid groups (broad SMARTS) is 1. The maximum atomic E-state index is 10.8. The molecule has 0 aliphatic heterocycles. The molecule has 2 aromatic rings. The average Bonchev–Trinajstić information content (AvgIpc) is 2.39. The molecule has 2 rings (SSSR count). The predicted molar refractivity (Wildman–Crippen MR) is 65.3 cm³/mol. The van der Waals surface area contributed by atoms with Crippen LogP contribution in [0.15, 0.2) is 48.5 Å². The summed E-state index contributed by atoms with van der Waals surface area (Å²) in [5.41, 5.74) is 0.654. The number of hydrogen-bond acceptors (Lipinski definition) is 3. The number of rotatable bonds is 4. The average molecular weight is 242 g/mol. The van der Waals surface area contributed by atoms with Gasteiger partial charge in [0.15, 0.2) is 0 Å². The van der Waals surface area contributed by atoms with Crippen LogP contribution in [0.5, 0.6) is 11.5 Å². The van der Waals surface area contributed by atoms with E-state index in [1.165, 1.54) is 12.1 Å². The molecule has 2 aromatic carbocycles. The van der Waals surface area contributed by atoms with E-state index in [0.717, 1.165) is 6.29 Å². The minimum Gasteiger partial charge on any atom is -0.478 e. The van der Waals surface area contributed by atoms with Gasteiger partial charge in [-0.05, 0) is 30.3 Å². The van der Waals surface area contributed by atoms with E-state index in [2.05, 4.69) is 0 Å². The zero-order valence-electron chi connectivity index (χ0n) is 9.37. The number of carbonyl (C=O) groups is 2. The number of aldehydes is 1. The highest BCUT2D eigenvalue weighted by molar-refractivity contribution is 5.88. The third kappa shape index (κ3) is 2.74. The standard InChI is InChI=1S/C14H10O4/c15-9-10-3-1-5-12(7-10)18-13-6-2-4-11(8-13)14(16)17/h1-9H,(H,16,17). The molecule has 0 saturated carbocycles. The Morgan fingerprint density at radius 1 is 1.06 bits per heavy atom. The second-order valence-corrected chi connectivity index (χ2v) is 3.63. The highest BCUT2D eigenvalue weighted by atomic mass is 16.5. The Morgan fingerprint density at radius 2 is 1.72 bits per heavy atom. The summed E-state index contributed by atoms with van der Waals surface area (Å²) < 4.78 is 5.49. The van der Waals surface area contributed by atoms with Crippen LogP contribution in [0.1, 0.15) is 20.7 Å². The fraction of sp³-hybridized carbons (Fsp3) is 0. The molecule has 0 amide bonds. The molecule has 0 saturated heterocycles. The summed E-state index contributed by atoms with van der Waals surface area (Å²) >= 11 is 0. The summed E-state index contributed by atoms with van der Waals surface area (Å²) in [6.07, 6.45) is 0.723. The molecule has 0 aliphatic rings. The normalized spacial score (nSPS) is 9.78. The van der Waals surface area contributed by atoms with Crippen LogP contribution < -0.4 is 4.74 Å². The molecule has 0 unspecified atom stereocenters. The molecular weight excluding hydrogens is 232 g/mol. The first-order chi connectivity index (χ1) is 8.69. The van der Waals surface area contributed by atoms with Gasteiger partial charge in [-0.3, -0.25) is 4.79 Å². The van der Waals surface area contributed by atoms with Crippen LogP contribution >= 0.6 is 0 Å². The lowest BCUT2D eigenvalue weighted by Crippen LogP contribution is -1.96. The number of hydrogen-bond donors (Lipinski definition) is 1. The molecule has 0 fully saturated rings. The summed E-state index contributed by atoms with van der Waals surface area (Å²) in [7, 11) is 0. The highest BCUT2D eigenvalue weighted by Gasteiger charge is 2.04. The van der Waals surface area contributed by atoms with Gasteiger partial charge in [-0.15, -0.1) is 0 Å². The van der Waals surface area contributed by atoms with E-state index in [1.54, 1.807) is 36.4 Å². The van der Waals surface area contributed by atoms with Gasteiger partial charge in [-0.1, -0.05) is 18.2 Å². The Bertz CT molecular complexity index is 590. The Hall–Kier alpha value is -2.62. The van der Waals surface area contributed by atoms with Crippen molar-refractivity contribution in [1.29, 1.82) is 0 Å². The summed E-state index contributed by atoms with van der Waals surface area (Å²) in [4.78, 5) is 21.4. The van der Waals surface area contributed by atoms with E-state index in [1.807, 2.05) is 0 Å². The van der Waals surface area contributed by atoms with Gasteiger partial charge in [0.05, 0.1) is 5.56 Å². The van der Waals surface area contributed by atoms with Crippen molar-refractivity contribution in [2.45, 2.75) is 0 Å². The van der Waals surface area contributed by atoms with Crippen LogP contribution in [0.4, 0.5) is 0 Å². The molecule has 0 heterocycles. The van der Waals surface area contributed by atoms with Crippen molar-refractivity contribution in [3.05, 3.63) is 59.7 Å². The molecular formula is C14H10O4. The van der Waals surface area contributed by atoms with Crippen LogP contribution in [0.2, 0.25) is 0 Å². The maximum absolute atomic E-state index is 10.8. The lowest BCUT2D eigenvalue weighted by atomic mass is 10.2.